The van der Waals surface area contributed by atoms with E-state index in [4.69, 9.17) is 0 Å². The monoisotopic (exact) mass is 256 g/mol. The van der Waals surface area contributed by atoms with Crippen molar-refractivity contribution in [3.8, 4) is 5.75 Å². The van der Waals surface area contributed by atoms with Gasteiger partial charge in [0.25, 0.3) is 0 Å². The molecule has 0 amide bonds. The van der Waals surface area contributed by atoms with Crippen LogP contribution in [0.5, 0.6) is 5.75 Å². The van der Waals surface area contributed by atoms with E-state index in [1.807, 2.05) is 12.1 Å². The summed E-state index contributed by atoms with van der Waals surface area (Å²) in [6, 6.07) is 7.14. The van der Waals surface area contributed by atoms with E-state index >= 15 is 0 Å². The maximum absolute atomic E-state index is 9.64. The van der Waals surface area contributed by atoms with Crippen LogP contribution in [0, 0.1) is 0 Å². The van der Waals surface area contributed by atoms with Crippen LogP contribution < -0.4 is 10.9 Å². The molecule has 2 aromatic heterocycles. The number of fused-ring (bicyclic) bond motifs is 1. The summed E-state index contributed by atoms with van der Waals surface area (Å²) >= 11 is 0. The number of benzene rings is 1. The zero-order valence-electron chi connectivity index (χ0n) is 9.96. The molecule has 0 unspecified atom stereocenters. The molecule has 0 radical (unpaired) electrons. The van der Waals surface area contributed by atoms with Gasteiger partial charge in [-0.1, -0.05) is 18.2 Å². The molecule has 7 heteroatoms. The van der Waals surface area contributed by atoms with Crippen LogP contribution in [0.2, 0.25) is 0 Å². The Morgan fingerprint density at radius 3 is 2.95 bits per heavy atom. The van der Waals surface area contributed by atoms with Gasteiger partial charge in [0, 0.05) is 12.1 Å². The topological polar surface area (TPSA) is 98.8 Å². The molecule has 96 valence electrons. The van der Waals surface area contributed by atoms with Gasteiger partial charge >= 0.3 is 0 Å². The third kappa shape index (κ3) is 2.31. The molecule has 19 heavy (non-hydrogen) atoms. The molecule has 0 atom stereocenters. The summed E-state index contributed by atoms with van der Waals surface area (Å²) in [6.45, 7) is 0.465. The first-order valence-corrected chi connectivity index (χ1v) is 5.74. The fraction of sp³-hybridized carbons (Fsp3) is 0.0833. The minimum atomic E-state index is 0.256. The Morgan fingerprint density at radius 1 is 1.16 bits per heavy atom. The van der Waals surface area contributed by atoms with Gasteiger partial charge in [0.15, 0.2) is 11.5 Å². The number of hydrogen-bond acceptors (Lipinski definition) is 6. The molecule has 0 saturated heterocycles. The van der Waals surface area contributed by atoms with E-state index in [-0.39, 0.29) is 5.75 Å². The summed E-state index contributed by atoms with van der Waals surface area (Å²) in [5.41, 5.74) is 8.08. The van der Waals surface area contributed by atoms with E-state index in [0.717, 1.165) is 11.1 Å². The van der Waals surface area contributed by atoms with Gasteiger partial charge in [0.05, 0.1) is 6.33 Å². The second-order valence-corrected chi connectivity index (χ2v) is 3.93. The number of aromatic hydroxyl groups is 1. The first kappa shape index (κ1) is 11.4. The van der Waals surface area contributed by atoms with Crippen LogP contribution >= 0.6 is 0 Å². The Kier molecular flexibility index (Phi) is 2.95. The van der Waals surface area contributed by atoms with E-state index in [2.05, 4.69) is 30.8 Å². The highest BCUT2D eigenvalue weighted by molar-refractivity contribution is 5.81. The van der Waals surface area contributed by atoms with Crippen molar-refractivity contribution in [3.05, 3.63) is 42.5 Å². The molecule has 0 saturated carbocycles. The largest absolute Gasteiger partial charge is 0.508 e. The number of aromatic nitrogens is 4. The van der Waals surface area contributed by atoms with Crippen molar-refractivity contribution in [1.29, 1.82) is 0 Å². The summed E-state index contributed by atoms with van der Waals surface area (Å²) in [7, 11) is 0. The molecule has 0 fully saturated rings. The predicted octanol–water partition coefficient (Wildman–Crippen LogP) is 1.18. The van der Waals surface area contributed by atoms with E-state index in [1.165, 1.54) is 6.33 Å². The molecule has 3 aromatic rings. The normalized spacial score (nSPS) is 10.7. The molecule has 0 aliphatic carbocycles. The average Bonchev–Trinajstić information content (AvgIpc) is 2.90. The number of nitrogens with zero attached hydrogens (tertiary/aromatic N) is 3. The Labute approximate surface area is 108 Å². The molecular weight excluding hydrogens is 244 g/mol. The fourth-order valence-corrected chi connectivity index (χ4v) is 1.74. The second kappa shape index (κ2) is 4.91. The standard InChI is InChI=1S/C12H12N6O/c19-9-4-2-1-3-8(9)5-17-18-12-10-11(14-6-13-10)15-7-16-12/h1-4,6-7,17,19H,5H2,(H2,13,14,15,16,18). The van der Waals surface area contributed by atoms with Crippen molar-refractivity contribution in [3.63, 3.8) is 0 Å². The summed E-state index contributed by atoms with van der Waals surface area (Å²) < 4.78 is 0. The van der Waals surface area contributed by atoms with Crippen molar-refractivity contribution >= 4 is 17.0 Å². The molecule has 2 heterocycles. The highest BCUT2D eigenvalue weighted by Gasteiger charge is 2.05. The van der Waals surface area contributed by atoms with Gasteiger partial charge in [-0.3, -0.25) is 0 Å². The van der Waals surface area contributed by atoms with Crippen molar-refractivity contribution in [2.24, 2.45) is 0 Å². The highest BCUT2D eigenvalue weighted by atomic mass is 16.3. The van der Waals surface area contributed by atoms with E-state index in [9.17, 15) is 5.11 Å². The highest BCUT2D eigenvalue weighted by Crippen LogP contribution is 2.16. The number of anilines is 1. The van der Waals surface area contributed by atoms with Gasteiger partial charge in [-0.15, -0.1) is 0 Å². The van der Waals surface area contributed by atoms with Gasteiger partial charge < -0.3 is 15.5 Å². The number of para-hydroxylation sites is 1. The fourth-order valence-electron chi connectivity index (χ4n) is 1.74. The first-order chi connectivity index (χ1) is 9.34. The van der Waals surface area contributed by atoms with Crippen LogP contribution in [0.3, 0.4) is 0 Å². The van der Waals surface area contributed by atoms with Crippen molar-refractivity contribution in [2.75, 3.05) is 5.43 Å². The minimum Gasteiger partial charge on any atom is -0.508 e. The zero-order valence-corrected chi connectivity index (χ0v) is 9.96. The lowest BCUT2D eigenvalue weighted by atomic mass is 10.2. The summed E-state index contributed by atoms with van der Waals surface area (Å²) in [5, 5.41) is 9.64. The Morgan fingerprint density at radius 2 is 2.05 bits per heavy atom. The maximum Gasteiger partial charge on any atom is 0.182 e. The number of imidazole rings is 1. The molecule has 4 N–H and O–H groups in total. The van der Waals surface area contributed by atoms with E-state index in [0.29, 0.717) is 18.0 Å². The zero-order chi connectivity index (χ0) is 13.1. The molecule has 0 aliphatic heterocycles. The SMILES string of the molecule is Oc1ccccc1CNNc1ncnc2nc[nH]c12. The van der Waals surface area contributed by atoms with Crippen LogP contribution in [-0.4, -0.2) is 25.0 Å². The summed E-state index contributed by atoms with van der Waals surface area (Å²) in [4.78, 5) is 15.1. The van der Waals surface area contributed by atoms with Gasteiger partial charge in [-0.05, 0) is 6.07 Å². The number of nitrogens with one attached hydrogen (secondary N) is 3. The van der Waals surface area contributed by atoms with Crippen molar-refractivity contribution in [2.45, 2.75) is 6.54 Å². The molecular formula is C12H12N6O. The van der Waals surface area contributed by atoms with Gasteiger partial charge in [0.2, 0.25) is 0 Å². The van der Waals surface area contributed by atoms with Crippen molar-refractivity contribution in [1.82, 2.24) is 25.4 Å². The molecule has 0 bridgehead atoms. The quantitative estimate of drug-likeness (QED) is 0.523. The maximum atomic E-state index is 9.64. The first-order valence-electron chi connectivity index (χ1n) is 5.74. The number of rotatable bonds is 4. The summed E-state index contributed by atoms with van der Waals surface area (Å²) in [6.07, 6.45) is 3.00. The Bertz CT molecular complexity index is 695. The molecule has 1 aromatic carbocycles. The number of hydrazine groups is 1. The summed E-state index contributed by atoms with van der Waals surface area (Å²) in [5.74, 6) is 0.865. The molecule has 7 nitrogen and oxygen atoms in total. The van der Waals surface area contributed by atoms with Crippen LogP contribution in [-0.2, 0) is 6.54 Å². The number of phenolic OH excluding ortho intramolecular Hbond substituents is 1. The average molecular weight is 256 g/mol. The number of H-pyrrole nitrogens is 1. The van der Waals surface area contributed by atoms with Gasteiger partial charge in [0.1, 0.15) is 17.6 Å². The third-order valence-corrected chi connectivity index (χ3v) is 2.70. The van der Waals surface area contributed by atoms with E-state index < -0.39 is 0 Å². The van der Waals surface area contributed by atoms with Crippen molar-refractivity contribution < 1.29 is 5.11 Å². The van der Waals surface area contributed by atoms with Crippen LogP contribution in [0.4, 0.5) is 5.82 Å². The number of phenols is 1. The lowest BCUT2D eigenvalue weighted by Crippen LogP contribution is -2.22. The second-order valence-electron chi connectivity index (χ2n) is 3.93. The number of hydrogen-bond donors (Lipinski definition) is 4. The number of aromatic amines is 1. The molecule has 3 rings (SSSR count). The van der Waals surface area contributed by atoms with Crippen LogP contribution in [0.15, 0.2) is 36.9 Å². The third-order valence-electron chi connectivity index (χ3n) is 2.70. The van der Waals surface area contributed by atoms with Crippen LogP contribution in [0.1, 0.15) is 5.56 Å². The Hall–Kier alpha value is -2.67. The lowest BCUT2D eigenvalue weighted by molar-refractivity contribution is 0.466. The Balaban J connectivity index is 1.70. The van der Waals surface area contributed by atoms with Crippen LogP contribution in [0.25, 0.3) is 11.2 Å². The smallest absolute Gasteiger partial charge is 0.182 e. The van der Waals surface area contributed by atoms with Gasteiger partial charge in [-0.2, -0.15) is 0 Å². The predicted molar refractivity (Wildman–Crippen MR) is 70.3 cm³/mol. The molecule has 0 spiro atoms. The lowest BCUT2D eigenvalue weighted by Gasteiger charge is -2.08. The minimum absolute atomic E-state index is 0.256. The van der Waals surface area contributed by atoms with E-state index in [1.54, 1.807) is 18.5 Å². The van der Waals surface area contributed by atoms with Gasteiger partial charge in [-0.25, -0.2) is 20.4 Å². The molecule has 0 aliphatic rings.